The Balaban J connectivity index is 0.000000211. The van der Waals surface area contributed by atoms with E-state index in [1.54, 1.807) is 0 Å². The number of hydrogen-bond acceptors (Lipinski definition) is 7. The van der Waals surface area contributed by atoms with Crippen LogP contribution < -0.4 is 9.47 Å². The van der Waals surface area contributed by atoms with Crippen LogP contribution in [0.4, 0.5) is 0 Å². The fourth-order valence-corrected chi connectivity index (χ4v) is 10.8. The highest BCUT2D eigenvalue weighted by Gasteiger charge is 2.45. The predicted molar refractivity (Wildman–Crippen MR) is 216 cm³/mol. The third-order valence-corrected chi connectivity index (χ3v) is 13.7. The van der Waals surface area contributed by atoms with E-state index >= 15 is 0 Å². The minimum absolute atomic E-state index is 0.0751. The first-order chi connectivity index (χ1) is 26.6. The first kappa shape index (κ1) is 43.0. The lowest BCUT2D eigenvalue weighted by Crippen LogP contribution is -2.28. The van der Waals surface area contributed by atoms with Crippen LogP contribution >= 0.6 is 0 Å². The van der Waals surface area contributed by atoms with Gasteiger partial charge in [-0.25, -0.2) is 4.79 Å². The topological polar surface area (TPSA) is 140 Å². The second kappa shape index (κ2) is 21.4. The minimum atomic E-state index is -0.932. The number of ether oxygens (including phenoxy) is 2. The van der Waals surface area contributed by atoms with Gasteiger partial charge in [0.05, 0.1) is 18.3 Å². The van der Waals surface area contributed by atoms with Crippen molar-refractivity contribution in [3.63, 3.8) is 0 Å². The van der Waals surface area contributed by atoms with E-state index in [0.717, 1.165) is 95.0 Å². The van der Waals surface area contributed by atoms with Crippen molar-refractivity contribution in [2.24, 2.45) is 41.4 Å². The first-order valence-corrected chi connectivity index (χ1v) is 21.7. The number of hydrogen-bond donors (Lipinski definition) is 4. The van der Waals surface area contributed by atoms with Gasteiger partial charge in [-0.05, 0) is 153 Å². The average molecular weight is 760 g/mol. The van der Waals surface area contributed by atoms with E-state index in [1.165, 1.54) is 54.4 Å². The van der Waals surface area contributed by atoms with Crippen LogP contribution in [0, 0.1) is 52.8 Å². The van der Waals surface area contributed by atoms with Gasteiger partial charge in [-0.3, -0.25) is 0 Å². The van der Waals surface area contributed by atoms with E-state index in [1.807, 2.05) is 30.3 Å². The molecule has 0 amide bonds. The molecule has 0 aliphatic heterocycles. The molecule has 0 saturated heterocycles. The van der Waals surface area contributed by atoms with E-state index in [9.17, 15) is 20.1 Å². The third kappa shape index (κ3) is 11.7. The average Bonchev–Trinajstić information content (AvgIpc) is 3.65. The molecular formula is C47H69NO7. The molecule has 2 saturated carbocycles. The Labute approximate surface area is 330 Å². The lowest BCUT2D eigenvalue weighted by atomic mass is 9.73. The molecule has 4 N–H and O–H groups in total. The third-order valence-electron chi connectivity index (χ3n) is 13.7. The zero-order valence-electron chi connectivity index (χ0n) is 33.8. The van der Waals surface area contributed by atoms with Crippen molar-refractivity contribution in [2.75, 3.05) is 13.2 Å². The fraction of sp³-hybridized carbons (Fsp3) is 0.702. The van der Waals surface area contributed by atoms with E-state index in [4.69, 9.17) is 19.8 Å². The first-order valence-electron chi connectivity index (χ1n) is 21.7. The second-order valence-corrected chi connectivity index (χ2v) is 17.4. The van der Waals surface area contributed by atoms with Crippen molar-refractivity contribution in [1.29, 1.82) is 5.26 Å². The van der Waals surface area contributed by atoms with E-state index < -0.39 is 5.97 Å². The van der Waals surface area contributed by atoms with Crippen molar-refractivity contribution in [1.82, 2.24) is 0 Å². The highest BCUT2D eigenvalue weighted by molar-refractivity contribution is 5.68. The number of benzene rings is 2. The van der Waals surface area contributed by atoms with Gasteiger partial charge in [-0.2, -0.15) is 5.26 Å². The molecule has 0 bridgehead atoms. The van der Waals surface area contributed by atoms with Gasteiger partial charge in [0.2, 0.25) is 0 Å². The Kier molecular flexibility index (Phi) is 16.7. The minimum Gasteiger partial charge on any atom is -0.482 e. The van der Waals surface area contributed by atoms with Gasteiger partial charge in [0.15, 0.2) is 13.2 Å². The zero-order valence-corrected chi connectivity index (χ0v) is 33.8. The summed E-state index contributed by atoms with van der Waals surface area (Å²) in [5.41, 5.74) is 5.07. The maximum atomic E-state index is 10.9. The van der Waals surface area contributed by atoms with Crippen LogP contribution in [0.3, 0.4) is 0 Å². The van der Waals surface area contributed by atoms with E-state index in [0.29, 0.717) is 35.5 Å². The molecule has 6 rings (SSSR count). The van der Waals surface area contributed by atoms with Crippen LogP contribution in [0.1, 0.15) is 133 Å². The lowest BCUT2D eigenvalue weighted by Gasteiger charge is -2.33. The summed E-state index contributed by atoms with van der Waals surface area (Å²) < 4.78 is 11.2. The Morgan fingerprint density at radius 2 is 1.29 bits per heavy atom. The molecule has 55 heavy (non-hydrogen) atoms. The van der Waals surface area contributed by atoms with E-state index in [-0.39, 0.29) is 37.4 Å². The summed E-state index contributed by atoms with van der Waals surface area (Å²) in [4.78, 5) is 10.9. The molecule has 10 atom stereocenters. The number of rotatable bonds is 19. The summed E-state index contributed by atoms with van der Waals surface area (Å²) in [5, 5.41) is 49.0. The summed E-state index contributed by atoms with van der Waals surface area (Å²) in [7, 11) is 0. The zero-order chi connectivity index (χ0) is 39.3. The van der Waals surface area contributed by atoms with Gasteiger partial charge in [-0.15, -0.1) is 0 Å². The maximum Gasteiger partial charge on any atom is 0.341 e. The lowest BCUT2D eigenvalue weighted by molar-refractivity contribution is -0.139. The largest absolute Gasteiger partial charge is 0.482 e. The number of aliphatic carboxylic acids is 1. The van der Waals surface area contributed by atoms with Gasteiger partial charge in [0.25, 0.3) is 0 Å². The Morgan fingerprint density at radius 1 is 0.764 bits per heavy atom. The summed E-state index contributed by atoms with van der Waals surface area (Å²) >= 11 is 0. The van der Waals surface area contributed by atoms with E-state index in [2.05, 4.69) is 32.9 Å². The maximum absolute atomic E-state index is 10.9. The van der Waals surface area contributed by atoms with Crippen molar-refractivity contribution < 1.29 is 34.7 Å². The number of fused-ring (bicyclic) bond motifs is 4. The van der Waals surface area contributed by atoms with Crippen LogP contribution in [-0.2, 0) is 30.5 Å². The summed E-state index contributed by atoms with van der Waals surface area (Å²) in [6, 6.07) is 14.2. The Bertz CT molecular complexity index is 1540. The standard InChI is InChI=1S/C24H36O4.C23H33NO3/c1-3-4-5-8-19(25)10-11-20-16(2)12-18-14-22-17(13-21(18)20)7-6-9-23(22)28-15-24(26)27;1-2-3-4-7-18(25)9-10-19-20-13-16-6-5-8-23(27-12-11-24)21(16)14-17(20)15-22(19)26/h6-7,9,16,18-21,25H,3-5,8,10-15H2,1-2H3,(H,26,27);5-6,8,17-20,22,25-26H,2-4,7,9-10,12-15H2,1H3/t16-,18?,19-,20?,21+;17?,18-,19?,20+,22-/m11/s1. The smallest absolute Gasteiger partial charge is 0.341 e. The van der Waals surface area contributed by atoms with Crippen molar-refractivity contribution in [3.05, 3.63) is 58.7 Å². The second-order valence-electron chi connectivity index (χ2n) is 17.4. The molecule has 4 unspecified atom stereocenters. The molecule has 0 spiro atoms. The molecule has 8 heteroatoms. The number of carboxylic acids is 1. The molecule has 2 aromatic carbocycles. The molecule has 0 radical (unpaired) electrons. The van der Waals surface area contributed by atoms with Crippen molar-refractivity contribution in [2.45, 2.75) is 155 Å². The molecule has 0 heterocycles. The van der Waals surface area contributed by atoms with Crippen LogP contribution in [-0.4, -0.2) is 57.9 Å². The molecule has 304 valence electrons. The van der Waals surface area contributed by atoms with Gasteiger partial charge in [-0.1, -0.05) is 83.6 Å². The molecule has 4 aliphatic carbocycles. The SMILES string of the molecule is CCCCC[C@@H](O)CCC1[C@H]2Cc3cccc(OCC#N)c3CC2C[C@H]1O.CCCCC[C@@H](O)CCC1[C@H]2Cc3cccc(OCC(=O)O)c3CC2C[C@H]1C. The molecular weight excluding hydrogens is 691 g/mol. The van der Waals surface area contributed by atoms with Crippen LogP contribution in [0.25, 0.3) is 0 Å². The monoisotopic (exact) mass is 760 g/mol. The number of nitriles is 1. The molecule has 4 aliphatic rings. The summed E-state index contributed by atoms with van der Waals surface area (Å²) in [5.74, 6) is 4.60. The number of carbonyl (C=O) groups is 1. The Morgan fingerprint density at radius 3 is 1.84 bits per heavy atom. The van der Waals surface area contributed by atoms with Gasteiger partial charge in [0.1, 0.15) is 17.6 Å². The molecule has 0 aromatic heterocycles. The Hall–Kier alpha value is -3.12. The molecule has 8 nitrogen and oxygen atoms in total. The highest BCUT2D eigenvalue weighted by atomic mass is 16.5. The number of aliphatic hydroxyl groups is 3. The number of unbranched alkanes of at least 4 members (excludes halogenated alkanes) is 4. The van der Waals surface area contributed by atoms with Crippen LogP contribution in [0.2, 0.25) is 0 Å². The van der Waals surface area contributed by atoms with Gasteiger partial charge < -0.3 is 29.9 Å². The summed E-state index contributed by atoms with van der Waals surface area (Å²) in [6.45, 7) is 6.55. The normalized spacial score (nSPS) is 27.3. The molecule has 2 aromatic rings. The molecule has 2 fully saturated rings. The van der Waals surface area contributed by atoms with Gasteiger partial charge in [0, 0.05) is 0 Å². The van der Waals surface area contributed by atoms with Crippen molar-refractivity contribution >= 4 is 5.97 Å². The highest BCUT2D eigenvalue weighted by Crippen LogP contribution is 2.51. The van der Waals surface area contributed by atoms with Gasteiger partial charge >= 0.3 is 5.97 Å². The quantitative estimate of drug-likeness (QED) is 0.104. The fourth-order valence-electron chi connectivity index (χ4n) is 10.8. The number of carboxylic acid groups (broad SMARTS) is 1. The number of nitrogens with zero attached hydrogens (tertiary/aromatic N) is 1. The van der Waals surface area contributed by atoms with Crippen molar-refractivity contribution in [3.8, 4) is 17.6 Å². The predicted octanol–water partition coefficient (Wildman–Crippen LogP) is 8.88. The summed E-state index contributed by atoms with van der Waals surface area (Å²) in [6.07, 6.45) is 18.0. The van der Waals surface area contributed by atoms with Crippen LogP contribution in [0.15, 0.2) is 36.4 Å². The van der Waals surface area contributed by atoms with Crippen LogP contribution in [0.5, 0.6) is 11.5 Å². The number of aliphatic hydroxyl groups excluding tert-OH is 3.